The molecule has 1 atom stereocenters. The number of nitrogens with one attached hydrogen (secondary N) is 1. The first-order valence-corrected chi connectivity index (χ1v) is 9.39. The van der Waals surface area contributed by atoms with Crippen LogP contribution in [0.3, 0.4) is 0 Å². The van der Waals surface area contributed by atoms with Crippen LogP contribution in [-0.4, -0.2) is 32.8 Å². The van der Waals surface area contributed by atoms with Crippen LogP contribution in [0.5, 0.6) is 0 Å². The van der Waals surface area contributed by atoms with Crippen LogP contribution in [0.4, 0.5) is 5.69 Å². The van der Waals surface area contributed by atoms with Crippen LogP contribution in [0.25, 0.3) is 0 Å². The van der Waals surface area contributed by atoms with Gasteiger partial charge in [-0.15, -0.1) is 0 Å². The Morgan fingerprint density at radius 1 is 1.14 bits per heavy atom. The molecule has 1 aliphatic heterocycles. The fourth-order valence-corrected chi connectivity index (χ4v) is 3.71. The van der Waals surface area contributed by atoms with Crippen molar-refractivity contribution in [3.8, 4) is 0 Å². The number of nitrogens with zero attached hydrogens (tertiary/aromatic N) is 4. The van der Waals surface area contributed by atoms with Gasteiger partial charge in [-0.1, -0.05) is 27.6 Å². The molecular weight excluding hydrogens is 358 g/mol. The van der Waals surface area contributed by atoms with Gasteiger partial charge in [-0.2, -0.15) is 0 Å². The summed E-state index contributed by atoms with van der Waals surface area (Å²) in [6.45, 7) is 7.30. The maximum atomic E-state index is 12.5. The van der Waals surface area contributed by atoms with Gasteiger partial charge in [0.1, 0.15) is 22.8 Å². The van der Waals surface area contributed by atoms with E-state index >= 15 is 0 Å². The summed E-state index contributed by atoms with van der Waals surface area (Å²) in [6, 6.07) is 7.90. The molecule has 1 fully saturated rings. The molecule has 0 bridgehead atoms. The number of carbonyl (C=O) groups is 1. The molecule has 2 aromatic heterocycles. The zero-order valence-electron chi connectivity index (χ0n) is 16.2. The monoisotopic (exact) mass is 381 g/mol. The number of benzene rings is 1. The van der Waals surface area contributed by atoms with Crippen molar-refractivity contribution in [1.82, 2.24) is 20.4 Å². The summed E-state index contributed by atoms with van der Waals surface area (Å²) >= 11 is 0. The normalized spacial score (nSPS) is 17.2. The summed E-state index contributed by atoms with van der Waals surface area (Å²) in [7, 11) is 0. The molecule has 0 aliphatic carbocycles. The summed E-state index contributed by atoms with van der Waals surface area (Å²) in [4.78, 5) is 14.9. The van der Waals surface area contributed by atoms with Crippen molar-refractivity contribution < 1.29 is 13.9 Å². The van der Waals surface area contributed by atoms with Crippen molar-refractivity contribution >= 4 is 11.6 Å². The average Bonchev–Trinajstić information content (AvgIpc) is 3.39. The maximum Gasteiger partial charge on any atom is 0.255 e. The van der Waals surface area contributed by atoms with Crippen molar-refractivity contribution in [2.45, 2.75) is 46.2 Å². The molecule has 4 rings (SSSR count). The minimum absolute atomic E-state index is 0.177. The summed E-state index contributed by atoms with van der Waals surface area (Å²) in [6.07, 6.45) is 2.17. The summed E-state index contributed by atoms with van der Waals surface area (Å²) in [5.74, 6) is 0.421. The van der Waals surface area contributed by atoms with Gasteiger partial charge < -0.3 is 9.84 Å². The van der Waals surface area contributed by atoms with Crippen LogP contribution >= 0.6 is 0 Å². The third kappa shape index (κ3) is 3.55. The highest BCUT2D eigenvalue weighted by Gasteiger charge is 2.30. The first kappa shape index (κ1) is 18.4. The molecule has 8 nitrogen and oxygen atoms in total. The Kier molecular flexibility index (Phi) is 4.95. The van der Waals surface area contributed by atoms with E-state index < -0.39 is 0 Å². The van der Waals surface area contributed by atoms with E-state index in [0.717, 1.165) is 42.9 Å². The number of hydrogen-bond acceptors (Lipinski definition) is 7. The Bertz CT molecular complexity index is 957. The molecule has 0 radical (unpaired) electrons. The number of amides is 1. The van der Waals surface area contributed by atoms with Gasteiger partial charge in [0.25, 0.3) is 5.91 Å². The number of likely N-dealkylation sites (tertiary alicyclic amines) is 1. The Morgan fingerprint density at radius 2 is 1.93 bits per heavy atom. The van der Waals surface area contributed by atoms with E-state index in [-0.39, 0.29) is 11.9 Å². The van der Waals surface area contributed by atoms with Crippen LogP contribution in [0.1, 0.15) is 57.6 Å². The Hall–Kier alpha value is -3.00. The molecule has 3 aromatic rings. The lowest BCUT2D eigenvalue weighted by Gasteiger charge is -2.23. The van der Waals surface area contributed by atoms with Gasteiger partial charge in [0.2, 0.25) is 0 Å². The van der Waals surface area contributed by atoms with Gasteiger partial charge in [-0.05, 0) is 57.9 Å². The van der Waals surface area contributed by atoms with E-state index in [1.54, 1.807) is 13.8 Å². The zero-order valence-corrected chi connectivity index (χ0v) is 16.2. The number of aromatic nitrogens is 3. The topological polar surface area (TPSA) is 97.3 Å². The van der Waals surface area contributed by atoms with Gasteiger partial charge in [-0.3, -0.25) is 9.69 Å². The van der Waals surface area contributed by atoms with E-state index in [1.165, 1.54) is 0 Å². The molecule has 28 heavy (non-hydrogen) atoms. The standard InChI is InChI=1S/C20H23N5O3/c1-12-18(14(3)27-22-12)21-20(26)16-8-6-15(7-9-16)11-25-10-4-5-17(25)19-13(2)23-28-24-19/h6-9,17H,4-5,10-11H2,1-3H3,(H,21,26)/t17-/m0/s1. The van der Waals surface area contributed by atoms with Gasteiger partial charge in [0.15, 0.2) is 5.76 Å². The SMILES string of the molecule is Cc1nonc1[C@@H]1CCCN1Cc1ccc(C(=O)Nc2c(C)noc2C)cc1. The van der Waals surface area contributed by atoms with E-state index in [4.69, 9.17) is 9.15 Å². The predicted molar refractivity (Wildman–Crippen MR) is 102 cm³/mol. The lowest BCUT2D eigenvalue weighted by Crippen LogP contribution is -2.23. The third-order valence-corrected chi connectivity index (χ3v) is 5.24. The molecule has 0 spiro atoms. The predicted octanol–water partition coefficient (Wildman–Crippen LogP) is 3.57. The van der Waals surface area contributed by atoms with Crippen molar-refractivity contribution in [3.05, 3.63) is 58.2 Å². The molecule has 3 heterocycles. The molecular formula is C20H23N5O3. The molecule has 1 aromatic carbocycles. The van der Waals surface area contributed by atoms with Crippen molar-refractivity contribution in [3.63, 3.8) is 0 Å². The van der Waals surface area contributed by atoms with Crippen molar-refractivity contribution in [2.75, 3.05) is 11.9 Å². The van der Waals surface area contributed by atoms with E-state index in [2.05, 4.69) is 25.7 Å². The van der Waals surface area contributed by atoms with Crippen LogP contribution < -0.4 is 5.32 Å². The lowest BCUT2D eigenvalue weighted by molar-refractivity contribution is 0.102. The fourth-order valence-electron chi connectivity index (χ4n) is 3.71. The zero-order chi connectivity index (χ0) is 19.7. The number of aryl methyl sites for hydroxylation is 3. The van der Waals surface area contributed by atoms with Crippen molar-refractivity contribution in [2.24, 2.45) is 0 Å². The van der Waals surface area contributed by atoms with Crippen molar-refractivity contribution in [1.29, 1.82) is 0 Å². The Balaban J connectivity index is 1.43. The molecule has 1 aliphatic rings. The first-order valence-electron chi connectivity index (χ1n) is 9.39. The Labute approximate surface area is 162 Å². The highest BCUT2D eigenvalue weighted by Crippen LogP contribution is 2.33. The molecule has 8 heteroatoms. The molecule has 146 valence electrons. The quantitative estimate of drug-likeness (QED) is 0.721. The average molecular weight is 381 g/mol. The van der Waals surface area contributed by atoms with Gasteiger partial charge in [0, 0.05) is 12.1 Å². The highest BCUT2D eigenvalue weighted by molar-refractivity contribution is 6.04. The second kappa shape index (κ2) is 7.55. The van der Waals surface area contributed by atoms with E-state index in [0.29, 0.717) is 22.7 Å². The first-order chi connectivity index (χ1) is 13.5. The van der Waals surface area contributed by atoms with Crippen LogP contribution in [0.15, 0.2) is 33.4 Å². The van der Waals surface area contributed by atoms with Gasteiger partial charge in [0.05, 0.1) is 6.04 Å². The summed E-state index contributed by atoms with van der Waals surface area (Å²) in [5.41, 5.74) is 4.81. The smallest absolute Gasteiger partial charge is 0.255 e. The number of anilines is 1. The summed E-state index contributed by atoms with van der Waals surface area (Å²) < 4.78 is 9.96. The van der Waals surface area contributed by atoms with Gasteiger partial charge >= 0.3 is 0 Å². The molecule has 0 unspecified atom stereocenters. The second-order valence-corrected chi connectivity index (χ2v) is 7.21. The molecule has 1 saturated heterocycles. The van der Waals surface area contributed by atoms with Crippen LogP contribution in [0.2, 0.25) is 0 Å². The fraction of sp³-hybridized carbons (Fsp3) is 0.400. The van der Waals surface area contributed by atoms with Crippen LogP contribution in [0, 0.1) is 20.8 Å². The number of hydrogen-bond donors (Lipinski definition) is 1. The number of rotatable bonds is 5. The number of carbonyl (C=O) groups excluding carboxylic acids is 1. The lowest BCUT2D eigenvalue weighted by atomic mass is 10.1. The van der Waals surface area contributed by atoms with E-state index in [9.17, 15) is 4.79 Å². The highest BCUT2D eigenvalue weighted by atomic mass is 16.6. The van der Waals surface area contributed by atoms with Gasteiger partial charge in [-0.25, -0.2) is 4.63 Å². The maximum absolute atomic E-state index is 12.5. The third-order valence-electron chi connectivity index (χ3n) is 5.24. The minimum atomic E-state index is -0.177. The molecule has 0 saturated carbocycles. The minimum Gasteiger partial charge on any atom is -0.359 e. The largest absolute Gasteiger partial charge is 0.359 e. The summed E-state index contributed by atoms with van der Waals surface area (Å²) in [5, 5.41) is 14.7. The molecule has 1 N–H and O–H groups in total. The molecule has 1 amide bonds. The van der Waals surface area contributed by atoms with Crippen LogP contribution in [-0.2, 0) is 6.54 Å². The second-order valence-electron chi connectivity index (χ2n) is 7.21. The Morgan fingerprint density at radius 3 is 2.57 bits per heavy atom. The van der Waals surface area contributed by atoms with E-state index in [1.807, 2.05) is 31.2 Å².